The minimum absolute atomic E-state index is 0.0555. The van der Waals surface area contributed by atoms with Crippen LogP contribution in [-0.4, -0.2) is 22.2 Å². The van der Waals surface area contributed by atoms with Crippen molar-refractivity contribution >= 4 is 10.8 Å². The predicted octanol–water partition coefficient (Wildman–Crippen LogP) is 2.73. The number of H-pyrrole nitrogens is 1. The van der Waals surface area contributed by atoms with E-state index in [2.05, 4.69) is 9.97 Å². The number of aliphatic hydroxyl groups is 1. The molecule has 4 heteroatoms. The van der Waals surface area contributed by atoms with Crippen LogP contribution in [0, 0.1) is 0 Å². The molecule has 19 heavy (non-hydrogen) atoms. The van der Waals surface area contributed by atoms with Crippen LogP contribution in [0.1, 0.15) is 5.69 Å². The quantitative estimate of drug-likeness (QED) is 0.755. The fourth-order valence-corrected chi connectivity index (χ4v) is 2.23. The van der Waals surface area contributed by atoms with Gasteiger partial charge in [0.05, 0.1) is 31.2 Å². The standard InChI is InChI=1S/C15H14N2O2/c1-19-13-7-6-10-4-2-3-5-12(10)14(13)15-16-8-11(9-18)17-15/h2-8,18H,9H2,1H3,(H,16,17). The van der Waals surface area contributed by atoms with Gasteiger partial charge in [-0.2, -0.15) is 0 Å². The number of aromatic nitrogens is 2. The summed E-state index contributed by atoms with van der Waals surface area (Å²) in [5.74, 6) is 1.47. The summed E-state index contributed by atoms with van der Waals surface area (Å²) in [6, 6.07) is 12.0. The Morgan fingerprint density at radius 1 is 1.21 bits per heavy atom. The van der Waals surface area contributed by atoms with Gasteiger partial charge in [-0.1, -0.05) is 30.3 Å². The number of imidazole rings is 1. The third kappa shape index (κ3) is 1.96. The van der Waals surface area contributed by atoms with E-state index in [1.54, 1.807) is 13.3 Å². The molecule has 2 N–H and O–H groups in total. The number of aromatic amines is 1. The average Bonchev–Trinajstić information content (AvgIpc) is 2.94. The molecule has 0 bridgehead atoms. The zero-order valence-corrected chi connectivity index (χ0v) is 10.6. The largest absolute Gasteiger partial charge is 0.496 e. The molecule has 0 fully saturated rings. The molecule has 96 valence electrons. The van der Waals surface area contributed by atoms with Crippen LogP contribution in [0.25, 0.3) is 22.2 Å². The molecule has 0 aliphatic rings. The molecule has 0 radical (unpaired) electrons. The number of nitrogens with one attached hydrogen (secondary N) is 1. The van der Waals surface area contributed by atoms with E-state index < -0.39 is 0 Å². The summed E-state index contributed by atoms with van der Waals surface area (Å²) in [6.45, 7) is -0.0555. The molecule has 0 unspecified atom stereocenters. The molecule has 3 rings (SSSR count). The van der Waals surface area contributed by atoms with Gasteiger partial charge in [0.1, 0.15) is 11.6 Å². The first-order chi connectivity index (χ1) is 9.33. The lowest BCUT2D eigenvalue weighted by molar-refractivity contribution is 0.277. The van der Waals surface area contributed by atoms with Gasteiger partial charge < -0.3 is 14.8 Å². The molecular formula is C15H14N2O2. The Morgan fingerprint density at radius 2 is 2.05 bits per heavy atom. The first kappa shape index (κ1) is 11.7. The second-order valence-electron chi connectivity index (χ2n) is 4.28. The number of rotatable bonds is 3. The molecule has 1 heterocycles. The van der Waals surface area contributed by atoms with Gasteiger partial charge >= 0.3 is 0 Å². The maximum absolute atomic E-state index is 9.14. The summed E-state index contributed by atoms with van der Waals surface area (Å²) in [5.41, 5.74) is 1.60. The van der Waals surface area contributed by atoms with Crippen molar-refractivity contribution in [2.24, 2.45) is 0 Å². The van der Waals surface area contributed by atoms with Crippen LogP contribution in [0.3, 0.4) is 0 Å². The predicted molar refractivity (Wildman–Crippen MR) is 74.0 cm³/mol. The van der Waals surface area contributed by atoms with Crippen molar-refractivity contribution < 1.29 is 9.84 Å². The summed E-state index contributed by atoms with van der Waals surface area (Å²) in [7, 11) is 1.64. The highest BCUT2D eigenvalue weighted by molar-refractivity contribution is 5.98. The topological polar surface area (TPSA) is 58.1 Å². The lowest BCUT2D eigenvalue weighted by Crippen LogP contribution is -1.91. The highest BCUT2D eigenvalue weighted by atomic mass is 16.5. The minimum Gasteiger partial charge on any atom is -0.496 e. The molecule has 0 aliphatic carbocycles. The second-order valence-corrected chi connectivity index (χ2v) is 4.28. The molecule has 0 saturated heterocycles. The van der Waals surface area contributed by atoms with Crippen LogP contribution in [0.4, 0.5) is 0 Å². The maximum atomic E-state index is 9.14. The first-order valence-corrected chi connectivity index (χ1v) is 6.04. The molecule has 2 aromatic carbocycles. The number of ether oxygens (including phenoxy) is 1. The van der Waals surface area contributed by atoms with Crippen molar-refractivity contribution in [2.45, 2.75) is 6.61 Å². The third-order valence-corrected chi connectivity index (χ3v) is 3.15. The van der Waals surface area contributed by atoms with Gasteiger partial charge in [0.25, 0.3) is 0 Å². The van der Waals surface area contributed by atoms with Crippen LogP contribution < -0.4 is 4.74 Å². The summed E-state index contributed by atoms with van der Waals surface area (Å²) < 4.78 is 5.43. The SMILES string of the molecule is COc1ccc2ccccc2c1-c1ncc(CO)[nH]1. The first-order valence-electron chi connectivity index (χ1n) is 6.04. The molecule has 1 aromatic heterocycles. The maximum Gasteiger partial charge on any atom is 0.141 e. The molecule has 0 aliphatic heterocycles. The van der Waals surface area contributed by atoms with Gasteiger partial charge in [0.2, 0.25) is 0 Å². The fourth-order valence-electron chi connectivity index (χ4n) is 2.23. The number of hydrogen-bond donors (Lipinski definition) is 2. The normalized spacial score (nSPS) is 10.8. The van der Waals surface area contributed by atoms with Crippen molar-refractivity contribution in [3.8, 4) is 17.1 Å². The van der Waals surface area contributed by atoms with E-state index in [4.69, 9.17) is 9.84 Å². The van der Waals surface area contributed by atoms with Crippen molar-refractivity contribution in [2.75, 3.05) is 7.11 Å². The van der Waals surface area contributed by atoms with Gasteiger partial charge in [-0.15, -0.1) is 0 Å². The lowest BCUT2D eigenvalue weighted by Gasteiger charge is -2.10. The highest BCUT2D eigenvalue weighted by Gasteiger charge is 2.13. The highest BCUT2D eigenvalue weighted by Crippen LogP contribution is 2.35. The minimum atomic E-state index is -0.0555. The number of aliphatic hydroxyl groups excluding tert-OH is 1. The second kappa shape index (κ2) is 4.74. The number of fused-ring (bicyclic) bond motifs is 1. The Balaban J connectivity index is 2.30. The van der Waals surface area contributed by atoms with E-state index in [0.717, 1.165) is 22.1 Å². The van der Waals surface area contributed by atoms with Crippen LogP contribution in [-0.2, 0) is 6.61 Å². The lowest BCUT2D eigenvalue weighted by atomic mass is 10.0. The van der Waals surface area contributed by atoms with E-state index in [-0.39, 0.29) is 6.61 Å². The molecule has 0 spiro atoms. The van der Waals surface area contributed by atoms with E-state index >= 15 is 0 Å². The number of benzene rings is 2. The van der Waals surface area contributed by atoms with Crippen LogP contribution in [0.2, 0.25) is 0 Å². The van der Waals surface area contributed by atoms with Gasteiger partial charge in [-0.25, -0.2) is 4.98 Å². The van der Waals surface area contributed by atoms with Crippen molar-refractivity contribution in [3.63, 3.8) is 0 Å². The molecule has 3 aromatic rings. The zero-order chi connectivity index (χ0) is 13.2. The van der Waals surface area contributed by atoms with Crippen LogP contribution in [0.15, 0.2) is 42.6 Å². The van der Waals surface area contributed by atoms with E-state index in [0.29, 0.717) is 11.5 Å². The van der Waals surface area contributed by atoms with Crippen molar-refractivity contribution in [3.05, 3.63) is 48.3 Å². The Hall–Kier alpha value is -2.33. The summed E-state index contributed by atoms with van der Waals surface area (Å²) in [6.07, 6.45) is 1.64. The Morgan fingerprint density at radius 3 is 2.79 bits per heavy atom. The average molecular weight is 254 g/mol. The van der Waals surface area contributed by atoms with Gasteiger partial charge in [0.15, 0.2) is 0 Å². The fraction of sp³-hybridized carbons (Fsp3) is 0.133. The summed E-state index contributed by atoms with van der Waals surface area (Å²) in [5, 5.41) is 11.3. The molecule has 0 saturated carbocycles. The monoisotopic (exact) mass is 254 g/mol. The van der Waals surface area contributed by atoms with Gasteiger partial charge in [-0.3, -0.25) is 0 Å². The van der Waals surface area contributed by atoms with E-state index in [1.807, 2.05) is 36.4 Å². The van der Waals surface area contributed by atoms with E-state index in [1.165, 1.54) is 0 Å². The van der Waals surface area contributed by atoms with Crippen LogP contribution in [0.5, 0.6) is 5.75 Å². The Labute approximate surface area is 110 Å². The summed E-state index contributed by atoms with van der Waals surface area (Å²) >= 11 is 0. The zero-order valence-electron chi connectivity index (χ0n) is 10.6. The smallest absolute Gasteiger partial charge is 0.141 e. The molecule has 0 atom stereocenters. The molecule has 0 amide bonds. The van der Waals surface area contributed by atoms with E-state index in [9.17, 15) is 0 Å². The summed E-state index contributed by atoms with van der Waals surface area (Å²) in [4.78, 5) is 7.43. The number of methoxy groups -OCH3 is 1. The van der Waals surface area contributed by atoms with Crippen molar-refractivity contribution in [1.29, 1.82) is 0 Å². The molecular weight excluding hydrogens is 240 g/mol. The Kier molecular flexibility index (Phi) is 2.93. The third-order valence-electron chi connectivity index (χ3n) is 3.15. The molecule has 4 nitrogen and oxygen atoms in total. The van der Waals surface area contributed by atoms with Crippen LogP contribution >= 0.6 is 0 Å². The number of hydrogen-bond acceptors (Lipinski definition) is 3. The van der Waals surface area contributed by atoms with Gasteiger partial charge in [0, 0.05) is 0 Å². The van der Waals surface area contributed by atoms with Gasteiger partial charge in [-0.05, 0) is 16.8 Å². The number of nitrogens with zero attached hydrogens (tertiary/aromatic N) is 1. The Bertz CT molecular complexity index is 719. The van der Waals surface area contributed by atoms with Crippen molar-refractivity contribution in [1.82, 2.24) is 9.97 Å².